The van der Waals surface area contributed by atoms with Crippen molar-refractivity contribution in [2.24, 2.45) is 0 Å². The van der Waals surface area contributed by atoms with Crippen molar-refractivity contribution in [3.05, 3.63) is 19.4 Å². The lowest BCUT2D eigenvalue weighted by Crippen LogP contribution is -2.28. The molecule has 1 aromatic rings. The van der Waals surface area contributed by atoms with E-state index >= 15 is 0 Å². The maximum atomic E-state index is 9.61. The zero-order valence-corrected chi connectivity index (χ0v) is 13.6. The Morgan fingerprint density at radius 2 is 2.50 bits per heavy atom. The normalized spacial score (nSPS) is 20.7. The molecule has 2 atom stereocenters. The zero-order valence-electron chi connectivity index (χ0n) is 10.6. The number of aryl methyl sites for hydroxylation is 1. The largest absolute Gasteiger partial charge is 0.391 e. The van der Waals surface area contributed by atoms with Crippen molar-refractivity contribution in [2.45, 2.75) is 37.8 Å². The number of thiophene rings is 1. The molecule has 3 nitrogen and oxygen atoms in total. The average Bonchev–Trinajstić information content (AvgIpc) is 2.70. The van der Waals surface area contributed by atoms with Crippen LogP contribution >= 0.6 is 33.9 Å². The molecule has 1 heterocycles. The summed E-state index contributed by atoms with van der Waals surface area (Å²) in [6.07, 6.45) is 4.10. The molecule has 0 fully saturated rings. The Morgan fingerprint density at radius 3 is 3.28 bits per heavy atom. The lowest BCUT2D eigenvalue weighted by atomic mass is 9.94. The number of hydrogen-bond acceptors (Lipinski definition) is 4. The summed E-state index contributed by atoms with van der Waals surface area (Å²) in [5, 5.41) is 13.2. The standard InChI is InChI=1S/C13H20INO2S/c1-17-8-9(16)5-6-15-11-3-2-4-12-10(11)7-13(14)18-12/h7,9,11,15-16H,2-6,8H2,1H3. The first kappa shape index (κ1) is 14.7. The fourth-order valence-electron chi connectivity index (χ4n) is 2.43. The predicted molar refractivity (Wildman–Crippen MR) is 83.2 cm³/mol. The first-order chi connectivity index (χ1) is 8.70. The van der Waals surface area contributed by atoms with Gasteiger partial charge in [-0.2, -0.15) is 0 Å². The lowest BCUT2D eigenvalue weighted by Gasteiger charge is -2.24. The van der Waals surface area contributed by atoms with Crippen LogP contribution in [-0.4, -0.2) is 31.5 Å². The van der Waals surface area contributed by atoms with Gasteiger partial charge in [-0.05, 0) is 66.4 Å². The van der Waals surface area contributed by atoms with Gasteiger partial charge >= 0.3 is 0 Å². The molecular formula is C13H20INO2S. The first-order valence-electron chi connectivity index (χ1n) is 6.39. The number of nitrogens with one attached hydrogen (secondary N) is 1. The summed E-state index contributed by atoms with van der Waals surface area (Å²) in [4.78, 5) is 1.54. The number of methoxy groups -OCH3 is 1. The van der Waals surface area contributed by atoms with Crippen LogP contribution in [0.1, 0.15) is 35.7 Å². The van der Waals surface area contributed by atoms with Gasteiger partial charge in [0.15, 0.2) is 0 Å². The van der Waals surface area contributed by atoms with Crippen LogP contribution in [0.25, 0.3) is 0 Å². The fraction of sp³-hybridized carbons (Fsp3) is 0.692. The van der Waals surface area contributed by atoms with Gasteiger partial charge in [0.2, 0.25) is 0 Å². The Bertz CT molecular complexity index is 383. The molecule has 2 rings (SSSR count). The Labute approximate surface area is 126 Å². The summed E-state index contributed by atoms with van der Waals surface area (Å²) in [5.41, 5.74) is 1.48. The van der Waals surface area contributed by atoms with Crippen LogP contribution in [0.3, 0.4) is 0 Å². The summed E-state index contributed by atoms with van der Waals surface area (Å²) in [7, 11) is 1.62. The second-order valence-corrected chi connectivity index (χ2v) is 7.76. The van der Waals surface area contributed by atoms with E-state index < -0.39 is 0 Å². The number of aliphatic hydroxyl groups excluding tert-OH is 1. The minimum Gasteiger partial charge on any atom is -0.391 e. The Kier molecular flexibility index (Phi) is 5.88. The molecule has 0 saturated heterocycles. The molecule has 1 aromatic heterocycles. The smallest absolute Gasteiger partial charge is 0.0785 e. The highest BCUT2D eigenvalue weighted by molar-refractivity contribution is 14.1. The third-order valence-corrected chi connectivity index (χ3v) is 5.28. The molecule has 0 spiro atoms. The highest BCUT2D eigenvalue weighted by Crippen LogP contribution is 2.36. The van der Waals surface area contributed by atoms with Crippen molar-refractivity contribution in [3.63, 3.8) is 0 Å². The van der Waals surface area contributed by atoms with Gasteiger partial charge in [-0.15, -0.1) is 11.3 Å². The summed E-state index contributed by atoms with van der Waals surface area (Å²) in [6.45, 7) is 1.27. The van der Waals surface area contributed by atoms with Crippen LogP contribution in [0.4, 0.5) is 0 Å². The van der Waals surface area contributed by atoms with E-state index in [9.17, 15) is 5.11 Å². The van der Waals surface area contributed by atoms with Crippen LogP contribution in [0, 0.1) is 2.88 Å². The second kappa shape index (κ2) is 7.19. The topological polar surface area (TPSA) is 41.5 Å². The number of rotatable bonds is 6. The van der Waals surface area contributed by atoms with E-state index in [-0.39, 0.29) is 6.10 Å². The number of fused-ring (bicyclic) bond motifs is 1. The summed E-state index contributed by atoms with van der Waals surface area (Å²) in [6, 6.07) is 2.78. The molecule has 18 heavy (non-hydrogen) atoms. The van der Waals surface area contributed by atoms with E-state index in [0.29, 0.717) is 12.6 Å². The van der Waals surface area contributed by atoms with Gasteiger partial charge in [0.25, 0.3) is 0 Å². The molecule has 0 saturated carbocycles. The number of ether oxygens (including phenoxy) is 1. The summed E-state index contributed by atoms with van der Waals surface area (Å²) in [5.74, 6) is 0. The minimum absolute atomic E-state index is 0.354. The summed E-state index contributed by atoms with van der Waals surface area (Å²) >= 11 is 4.32. The van der Waals surface area contributed by atoms with Gasteiger partial charge < -0.3 is 15.2 Å². The van der Waals surface area contributed by atoms with E-state index in [0.717, 1.165) is 13.0 Å². The number of aliphatic hydroxyl groups is 1. The molecule has 0 bridgehead atoms. The third-order valence-electron chi connectivity index (χ3n) is 3.31. The molecule has 1 aliphatic carbocycles. The third kappa shape index (κ3) is 3.90. The molecular weight excluding hydrogens is 361 g/mol. The highest BCUT2D eigenvalue weighted by atomic mass is 127. The SMILES string of the molecule is COCC(O)CCNC1CCCc2sc(I)cc21. The first-order valence-corrected chi connectivity index (χ1v) is 8.28. The lowest BCUT2D eigenvalue weighted by molar-refractivity contribution is 0.0588. The van der Waals surface area contributed by atoms with E-state index in [2.05, 4.69) is 34.0 Å². The Morgan fingerprint density at radius 1 is 1.67 bits per heavy atom. The zero-order chi connectivity index (χ0) is 13.0. The molecule has 5 heteroatoms. The van der Waals surface area contributed by atoms with Crippen LogP contribution in [-0.2, 0) is 11.2 Å². The number of hydrogen-bond donors (Lipinski definition) is 2. The van der Waals surface area contributed by atoms with Crippen molar-refractivity contribution in [2.75, 3.05) is 20.3 Å². The van der Waals surface area contributed by atoms with Gasteiger partial charge in [-0.3, -0.25) is 0 Å². The van der Waals surface area contributed by atoms with Gasteiger partial charge in [0.1, 0.15) is 0 Å². The van der Waals surface area contributed by atoms with Crippen molar-refractivity contribution >= 4 is 33.9 Å². The van der Waals surface area contributed by atoms with Crippen molar-refractivity contribution in [1.82, 2.24) is 5.32 Å². The molecule has 1 aliphatic rings. The van der Waals surface area contributed by atoms with E-state index in [1.165, 1.54) is 27.7 Å². The molecule has 0 amide bonds. The van der Waals surface area contributed by atoms with Crippen LogP contribution < -0.4 is 5.32 Å². The average molecular weight is 381 g/mol. The Hall–Kier alpha value is 0.310. The van der Waals surface area contributed by atoms with Gasteiger partial charge in [0.05, 0.1) is 15.6 Å². The van der Waals surface area contributed by atoms with E-state index in [1.807, 2.05) is 11.3 Å². The van der Waals surface area contributed by atoms with E-state index in [1.54, 1.807) is 12.0 Å². The second-order valence-electron chi connectivity index (χ2n) is 4.73. The fourth-order valence-corrected chi connectivity index (χ4v) is 4.55. The molecule has 0 aliphatic heterocycles. The minimum atomic E-state index is -0.354. The van der Waals surface area contributed by atoms with E-state index in [4.69, 9.17) is 4.74 Å². The molecule has 0 aromatic carbocycles. The molecule has 2 unspecified atom stereocenters. The van der Waals surface area contributed by atoms with Crippen molar-refractivity contribution in [3.8, 4) is 0 Å². The summed E-state index contributed by atoms with van der Waals surface area (Å²) < 4.78 is 6.31. The van der Waals surface area contributed by atoms with Crippen LogP contribution in [0.5, 0.6) is 0 Å². The maximum absolute atomic E-state index is 9.61. The monoisotopic (exact) mass is 381 g/mol. The quantitative estimate of drug-likeness (QED) is 0.745. The predicted octanol–water partition coefficient (Wildman–Crippen LogP) is 2.72. The van der Waals surface area contributed by atoms with Crippen LogP contribution in [0.2, 0.25) is 0 Å². The molecule has 0 radical (unpaired) electrons. The van der Waals surface area contributed by atoms with Gasteiger partial charge in [-0.1, -0.05) is 0 Å². The van der Waals surface area contributed by atoms with Crippen molar-refractivity contribution < 1.29 is 9.84 Å². The maximum Gasteiger partial charge on any atom is 0.0785 e. The molecule has 2 N–H and O–H groups in total. The van der Waals surface area contributed by atoms with Gasteiger partial charge in [0, 0.05) is 18.0 Å². The Balaban J connectivity index is 1.84. The highest BCUT2D eigenvalue weighted by Gasteiger charge is 2.22. The van der Waals surface area contributed by atoms with Gasteiger partial charge in [-0.25, -0.2) is 0 Å². The molecule has 102 valence electrons. The van der Waals surface area contributed by atoms with Crippen molar-refractivity contribution in [1.29, 1.82) is 0 Å². The number of halogens is 1. The van der Waals surface area contributed by atoms with Crippen LogP contribution in [0.15, 0.2) is 6.07 Å².